The van der Waals surface area contributed by atoms with Crippen LogP contribution in [0.4, 0.5) is 5.69 Å². The van der Waals surface area contributed by atoms with E-state index in [0.29, 0.717) is 0 Å². The van der Waals surface area contributed by atoms with Crippen LogP contribution in [0, 0.1) is 13.8 Å². The summed E-state index contributed by atoms with van der Waals surface area (Å²) in [5, 5.41) is 1.04. The van der Waals surface area contributed by atoms with E-state index < -0.39 is 0 Å². The topological polar surface area (TPSA) is 38.9 Å². The van der Waals surface area contributed by atoms with Crippen molar-refractivity contribution in [2.24, 2.45) is 0 Å². The fourth-order valence-electron chi connectivity index (χ4n) is 2.05. The third kappa shape index (κ3) is 1.77. The van der Waals surface area contributed by atoms with Crippen LogP contribution in [0.5, 0.6) is 0 Å². The average molecular weight is 254 g/mol. The molecule has 0 bridgehead atoms. The lowest BCUT2D eigenvalue weighted by Gasteiger charge is -1.96. The molecule has 18 heavy (non-hydrogen) atoms. The Balaban J connectivity index is 2.26. The van der Waals surface area contributed by atoms with Crippen LogP contribution in [0.2, 0.25) is 0 Å². The number of benzene rings is 2. The molecule has 0 saturated heterocycles. The minimum atomic E-state index is 0.778. The predicted octanol–water partition coefficient (Wildman–Crippen LogP) is 4.16. The van der Waals surface area contributed by atoms with Gasteiger partial charge in [0.1, 0.15) is 5.01 Å². The van der Waals surface area contributed by atoms with E-state index in [-0.39, 0.29) is 0 Å². The van der Waals surface area contributed by atoms with Crippen molar-refractivity contribution in [2.45, 2.75) is 13.8 Å². The molecule has 3 aromatic rings. The lowest BCUT2D eigenvalue weighted by Crippen LogP contribution is -1.84. The van der Waals surface area contributed by atoms with Gasteiger partial charge in [-0.3, -0.25) is 0 Å². The molecule has 3 heteroatoms. The predicted molar refractivity (Wildman–Crippen MR) is 78.9 cm³/mol. The minimum absolute atomic E-state index is 0.778. The Kier molecular flexibility index (Phi) is 2.56. The zero-order chi connectivity index (χ0) is 12.7. The summed E-state index contributed by atoms with van der Waals surface area (Å²) in [6, 6.07) is 12.2. The molecule has 0 aliphatic rings. The average Bonchev–Trinajstić information content (AvgIpc) is 2.80. The zero-order valence-corrected chi connectivity index (χ0v) is 11.2. The lowest BCUT2D eigenvalue weighted by atomic mass is 10.1. The van der Waals surface area contributed by atoms with Crippen molar-refractivity contribution in [3.63, 3.8) is 0 Å². The summed E-state index contributed by atoms with van der Waals surface area (Å²) in [6.07, 6.45) is 0. The van der Waals surface area contributed by atoms with Crippen molar-refractivity contribution in [3.8, 4) is 10.6 Å². The van der Waals surface area contributed by atoms with Crippen molar-refractivity contribution < 1.29 is 0 Å². The molecule has 0 aliphatic carbocycles. The molecule has 0 radical (unpaired) electrons. The highest BCUT2D eigenvalue weighted by Gasteiger charge is 2.10. The van der Waals surface area contributed by atoms with E-state index in [1.54, 1.807) is 11.3 Å². The highest BCUT2D eigenvalue weighted by atomic mass is 32.1. The third-order valence-electron chi connectivity index (χ3n) is 3.08. The van der Waals surface area contributed by atoms with Gasteiger partial charge >= 0.3 is 0 Å². The maximum Gasteiger partial charge on any atom is 0.124 e. The second-order valence-electron chi connectivity index (χ2n) is 4.52. The summed E-state index contributed by atoms with van der Waals surface area (Å²) < 4.78 is 1.27. The second-order valence-corrected chi connectivity index (χ2v) is 5.52. The van der Waals surface area contributed by atoms with Gasteiger partial charge < -0.3 is 5.73 Å². The normalized spacial score (nSPS) is 11.0. The molecule has 90 valence electrons. The van der Waals surface area contributed by atoms with Gasteiger partial charge in [0.05, 0.1) is 10.2 Å². The van der Waals surface area contributed by atoms with Crippen LogP contribution in [0.1, 0.15) is 11.1 Å². The Morgan fingerprint density at radius 1 is 1.06 bits per heavy atom. The smallest absolute Gasteiger partial charge is 0.124 e. The van der Waals surface area contributed by atoms with Crippen LogP contribution in [0.15, 0.2) is 36.4 Å². The molecule has 2 N–H and O–H groups in total. The lowest BCUT2D eigenvalue weighted by molar-refractivity contribution is 1.40. The van der Waals surface area contributed by atoms with E-state index in [4.69, 9.17) is 10.7 Å². The maximum absolute atomic E-state index is 5.83. The van der Waals surface area contributed by atoms with E-state index in [1.807, 2.05) is 18.2 Å². The molecule has 0 aliphatic heterocycles. The summed E-state index contributed by atoms with van der Waals surface area (Å²) in [5.41, 5.74) is 11.3. The molecule has 0 unspecified atom stereocenters. The van der Waals surface area contributed by atoms with E-state index in [2.05, 4.69) is 32.0 Å². The van der Waals surface area contributed by atoms with Crippen molar-refractivity contribution in [3.05, 3.63) is 47.5 Å². The van der Waals surface area contributed by atoms with Gasteiger partial charge in [0.2, 0.25) is 0 Å². The minimum Gasteiger partial charge on any atom is -0.399 e. The van der Waals surface area contributed by atoms with E-state index in [0.717, 1.165) is 21.8 Å². The molecule has 0 saturated carbocycles. The highest BCUT2D eigenvalue weighted by Crippen LogP contribution is 2.34. The summed E-state index contributed by atoms with van der Waals surface area (Å²) in [5.74, 6) is 0. The number of rotatable bonds is 1. The van der Waals surface area contributed by atoms with Gasteiger partial charge in [-0.15, -0.1) is 11.3 Å². The number of fused-ring (bicyclic) bond motifs is 1. The molecule has 0 fully saturated rings. The van der Waals surface area contributed by atoms with Crippen molar-refractivity contribution in [1.82, 2.24) is 4.98 Å². The number of hydrogen-bond donors (Lipinski definition) is 1. The molecule has 0 spiro atoms. The second kappa shape index (κ2) is 4.10. The van der Waals surface area contributed by atoms with Crippen LogP contribution < -0.4 is 5.73 Å². The van der Waals surface area contributed by atoms with Gasteiger partial charge in [0, 0.05) is 11.3 Å². The van der Waals surface area contributed by atoms with Crippen molar-refractivity contribution in [1.29, 1.82) is 0 Å². The molecule has 0 amide bonds. The molecule has 0 atom stereocenters. The van der Waals surface area contributed by atoms with Crippen molar-refractivity contribution in [2.75, 3.05) is 5.73 Å². The summed E-state index contributed by atoms with van der Waals surface area (Å²) in [4.78, 5) is 4.75. The van der Waals surface area contributed by atoms with E-state index >= 15 is 0 Å². The molecular formula is C15H14N2S. The van der Waals surface area contributed by atoms with Gasteiger partial charge in [-0.25, -0.2) is 4.98 Å². The Hall–Kier alpha value is -1.87. The zero-order valence-electron chi connectivity index (χ0n) is 10.4. The van der Waals surface area contributed by atoms with E-state index in [1.165, 1.54) is 15.8 Å². The fraction of sp³-hybridized carbons (Fsp3) is 0.133. The molecule has 1 heterocycles. The molecule has 3 rings (SSSR count). The Labute approximate surface area is 110 Å². The van der Waals surface area contributed by atoms with Gasteiger partial charge in [-0.2, -0.15) is 0 Å². The molecule has 2 nitrogen and oxygen atoms in total. The number of aryl methyl sites for hydroxylation is 2. The first-order chi connectivity index (χ1) is 8.65. The summed E-state index contributed by atoms with van der Waals surface area (Å²) in [7, 11) is 0. The number of thiazole rings is 1. The van der Waals surface area contributed by atoms with Gasteiger partial charge in [-0.05, 0) is 37.1 Å². The SMILES string of the molecule is Cc1ccc(C)c2sc(-c3cccc(N)c3)nc12. The number of nitrogens with zero attached hydrogens (tertiary/aromatic N) is 1. The number of nitrogen functional groups attached to an aromatic ring is 1. The van der Waals surface area contributed by atoms with Gasteiger partial charge in [0.15, 0.2) is 0 Å². The van der Waals surface area contributed by atoms with Gasteiger partial charge in [0.25, 0.3) is 0 Å². The standard InChI is InChI=1S/C15H14N2S/c1-9-6-7-10(2)14-13(9)17-15(18-14)11-4-3-5-12(16)8-11/h3-8H,16H2,1-2H3. The monoisotopic (exact) mass is 254 g/mol. The highest BCUT2D eigenvalue weighted by molar-refractivity contribution is 7.21. The quantitative estimate of drug-likeness (QED) is 0.662. The first-order valence-electron chi connectivity index (χ1n) is 5.88. The van der Waals surface area contributed by atoms with Crippen LogP contribution in [0.3, 0.4) is 0 Å². The molecular weight excluding hydrogens is 240 g/mol. The van der Waals surface area contributed by atoms with Crippen LogP contribution in [-0.2, 0) is 0 Å². The maximum atomic E-state index is 5.83. The fourth-order valence-corrected chi connectivity index (χ4v) is 3.16. The number of anilines is 1. The van der Waals surface area contributed by atoms with Gasteiger partial charge in [-0.1, -0.05) is 24.3 Å². The third-order valence-corrected chi connectivity index (χ3v) is 4.32. The molecule has 2 aromatic carbocycles. The van der Waals surface area contributed by atoms with Crippen LogP contribution >= 0.6 is 11.3 Å². The molecule has 1 aromatic heterocycles. The summed E-state index contributed by atoms with van der Waals surface area (Å²) >= 11 is 1.73. The largest absolute Gasteiger partial charge is 0.399 e. The number of nitrogens with two attached hydrogens (primary N) is 1. The Morgan fingerprint density at radius 2 is 1.83 bits per heavy atom. The Bertz CT molecular complexity index is 689. The summed E-state index contributed by atoms with van der Waals surface area (Å²) in [6.45, 7) is 4.23. The van der Waals surface area contributed by atoms with Crippen LogP contribution in [-0.4, -0.2) is 4.98 Å². The first kappa shape index (κ1) is 11.2. The van der Waals surface area contributed by atoms with Crippen LogP contribution in [0.25, 0.3) is 20.8 Å². The Morgan fingerprint density at radius 3 is 2.56 bits per heavy atom. The number of hydrogen-bond acceptors (Lipinski definition) is 3. The van der Waals surface area contributed by atoms with E-state index in [9.17, 15) is 0 Å². The first-order valence-corrected chi connectivity index (χ1v) is 6.69. The van der Waals surface area contributed by atoms with Crippen molar-refractivity contribution >= 4 is 27.2 Å². The number of aromatic nitrogens is 1.